The van der Waals surface area contributed by atoms with E-state index >= 15 is 0 Å². The fourth-order valence-electron chi connectivity index (χ4n) is 2.70. The van der Waals surface area contributed by atoms with Crippen LogP contribution in [0.5, 0.6) is 0 Å². The van der Waals surface area contributed by atoms with Crippen molar-refractivity contribution in [1.29, 1.82) is 0 Å². The summed E-state index contributed by atoms with van der Waals surface area (Å²) in [4.78, 5) is 12.2. The lowest BCUT2D eigenvalue weighted by atomic mass is 9.79. The summed E-state index contributed by atoms with van der Waals surface area (Å²) < 4.78 is 0. The minimum absolute atomic E-state index is 0.178. The SMILES string of the molecule is CCC(NC(=O)C1CCC(N)C(C)C1)C(C)C. The Morgan fingerprint density at radius 3 is 2.53 bits per heavy atom. The van der Waals surface area contributed by atoms with Gasteiger partial charge in [0, 0.05) is 18.0 Å². The number of rotatable bonds is 4. The van der Waals surface area contributed by atoms with E-state index in [1.165, 1.54) is 0 Å². The zero-order chi connectivity index (χ0) is 13.0. The number of carbonyl (C=O) groups is 1. The molecule has 3 heteroatoms. The topological polar surface area (TPSA) is 55.1 Å². The highest BCUT2D eigenvalue weighted by molar-refractivity contribution is 5.79. The molecule has 0 aliphatic heterocycles. The zero-order valence-electron chi connectivity index (χ0n) is 11.7. The third-order valence-electron chi connectivity index (χ3n) is 4.18. The number of hydrogen-bond donors (Lipinski definition) is 2. The molecule has 0 radical (unpaired) electrons. The van der Waals surface area contributed by atoms with Crippen molar-refractivity contribution >= 4 is 5.91 Å². The quantitative estimate of drug-likeness (QED) is 0.792. The number of nitrogens with one attached hydrogen (secondary N) is 1. The molecular weight excluding hydrogens is 212 g/mol. The molecule has 17 heavy (non-hydrogen) atoms. The Kier molecular flexibility index (Phi) is 5.44. The van der Waals surface area contributed by atoms with Crippen LogP contribution < -0.4 is 11.1 Å². The summed E-state index contributed by atoms with van der Waals surface area (Å²) in [6, 6.07) is 0.597. The fraction of sp³-hybridized carbons (Fsp3) is 0.929. The van der Waals surface area contributed by atoms with Crippen LogP contribution in [0.2, 0.25) is 0 Å². The molecule has 0 saturated heterocycles. The van der Waals surface area contributed by atoms with E-state index in [1.54, 1.807) is 0 Å². The molecule has 100 valence electrons. The lowest BCUT2D eigenvalue weighted by molar-refractivity contribution is -0.127. The van der Waals surface area contributed by atoms with E-state index < -0.39 is 0 Å². The minimum atomic E-state index is 0.178. The second-order valence-electron chi connectivity index (χ2n) is 5.92. The summed E-state index contributed by atoms with van der Waals surface area (Å²) in [7, 11) is 0. The first kappa shape index (κ1) is 14.5. The second kappa shape index (κ2) is 6.39. The monoisotopic (exact) mass is 240 g/mol. The third-order valence-corrected chi connectivity index (χ3v) is 4.18. The van der Waals surface area contributed by atoms with Crippen LogP contribution in [-0.2, 0) is 4.79 Å². The van der Waals surface area contributed by atoms with Crippen LogP contribution in [0.1, 0.15) is 53.4 Å². The molecule has 0 aromatic rings. The molecule has 1 aliphatic carbocycles. The summed E-state index contributed by atoms with van der Waals surface area (Å²) in [5.74, 6) is 1.40. The number of amides is 1. The maximum atomic E-state index is 12.2. The second-order valence-corrected chi connectivity index (χ2v) is 5.92. The van der Waals surface area contributed by atoms with E-state index in [2.05, 4.69) is 33.0 Å². The largest absolute Gasteiger partial charge is 0.353 e. The maximum absolute atomic E-state index is 12.2. The normalized spacial score (nSPS) is 31.3. The van der Waals surface area contributed by atoms with Gasteiger partial charge in [-0.1, -0.05) is 27.7 Å². The van der Waals surface area contributed by atoms with Crippen LogP contribution in [-0.4, -0.2) is 18.0 Å². The first-order chi connectivity index (χ1) is 7.95. The van der Waals surface area contributed by atoms with Gasteiger partial charge in [0.05, 0.1) is 0 Å². The molecule has 0 aromatic carbocycles. The van der Waals surface area contributed by atoms with Gasteiger partial charge in [0.2, 0.25) is 5.91 Å². The average Bonchev–Trinajstić information content (AvgIpc) is 2.28. The first-order valence-corrected chi connectivity index (χ1v) is 7.01. The molecule has 0 bridgehead atoms. The predicted molar refractivity (Wildman–Crippen MR) is 71.5 cm³/mol. The van der Waals surface area contributed by atoms with Crippen molar-refractivity contribution in [3.8, 4) is 0 Å². The molecular formula is C14H28N2O. The van der Waals surface area contributed by atoms with Crippen molar-refractivity contribution in [3.63, 3.8) is 0 Å². The Hall–Kier alpha value is -0.570. The van der Waals surface area contributed by atoms with Crippen LogP contribution in [0.4, 0.5) is 0 Å². The first-order valence-electron chi connectivity index (χ1n) is 7.01. The molecule has 4 atom stereocenters. The van der Waals surface area contributed by atoms with E-state index in [-0.39, 0.29) is 17.9 Å². The van der Waals surface area contributed by atoms with Gasteiger partial charge in [-0.3, -0.25) is 4.79 Å². The summed E-state index contributed by atoms with van der Waals surface area (Å²) >= 11 is 0. The van der Waals surface area contributed by atoms with Crippen LogP contribution >= 0.6 is 0 Å². The van der Waals surface area contributed by atoms with Crippen LogP contribution in [0.3, 0.4) is 0 Å². The van der Waals surface area contributed by atoms with Gasteiger partial charge in [0.15, 0.2) is 0 Å². The van der Waals surface area contributed by atoms with Crippen molar-refractivity contribution in [2.75, 3.05) is 0 Å². The number of hydrogen-bond acceptors (Lipinski definition) is 2. The van der Waals surface area contributed by atoms with Gasteiger partial charge >= 0.3 is 0 Å². The Bertz CT molecular complexity index is 253. The highest BCUT2D eigenvalue weighted by atomic mass is 16.1. The molecule has 3 nitrogen and oxygen atoms in total. The summed E-state index contributed by atoms with van der Waals surface area (Å²) in [5, 5.41) is 3.19. The van der Waals surface area contributed by atoms with E-state index in [1.807, 2.05) is 0 Å². The van der Waals surface area contributed by atoms with Gasteiger partial charge in [0.1, 0.15) is 0 Å². The number of nitrogens with two attached hydrogens (primary N) is 1. The van der Waals surface area contributed by atoms with E-state index in [4.69, 9.17) is 5.73 Å². The van der Waals surface area contributed by atoms with Gasteiger partial charge in [0.25, 0.3) is 0 Å². The summed E-state index contributed by atoms with van der Waals surface area (Å²) in [6.45, 7) is 8.61. The Balaban J connectivity index is 2.47. The summed E-state index contributed by atoms with van der Waals surface area (Å²) in [6.07, 6.45) is 3.89. The molecule has 1 amide bonds. The molecule has 1 saturated carbocycles. The molecule has 3 N–H and O–H groups in total. The Morgan fingerprint density at radius 1 is 1.41 bits per heavy atom. The van der Waals surface area contributed by atoms with E-state index in [9.17, 15) is 4.79 Å². The smallest absolute Gasteiger partial charge is 0.223 e. The Morgan fingerprint density at radius 2 is 2.06 bits per heavy atom. The van der Waals surface area contributed by atoms with Gasteiger partial charge in [-0.2, -0.15) is 0 Å². The highest BCUT2D eigenvalue weighted by Crippen LogP contribution is 2.28. The average molecular weight is 240 g/mol. The lowest BCUT2D eigenvalue weighted by Gasteiger charge is -2.32. The third kappa shape index (κ3) is 3.98. The predicted octanol–water partition coefficient (Wildman–Crippen LogP) is 2.30. The van der Waals surface area contributed by atoms with E-state index in [0.717, 1.165) is 25.7 Å². The standard InChI is InChI=1S/C14H28N2O/c1-5-13(9(2)3)16-14(17)11-6-7-12(15)10(4)8-11/h9-13H,5-8,15H2,1-4H3,(H,16,17). The van der Waals surface area contributed by atoms with Gasteiger partial charge < -0.3 is 11.1 Å². The highest BCUT2D eigenvalue weighted by Gasteiger charge is 2.30. The molecule has 1 rings (SSSR count). The number of carbonyl (C=O) groups excluding carboxylic acids is 1. The van der Waals surface area contributed by atoms with Crippen LogP contribution in [0.15, 0.2) is 0 Å². The van der Waals surface area contributed by atoms with Gasteiger partial charge in [-0.25, -0.2) is 0 Å². The molecule has 4 unspecified atom stereocenters. The fourth-order valence-corrected chi connectivity index (χ4v) is 2.70. The summed E-state index contributed by atoms with van der Waals surface area (Å²) in [5.41, 5.74) is 5.98. The molecule has 1 aliphatic rings. The minimum Gasteiger partial charge on any atom is -0.353 e. The van der Waals surface area contributed by atoms with E-state index in [0.29, 0.717) is 17.9 Å². The van der Waals surface area contributed by atoms with Crippen LogP contribution in [0.25, 0.3) is 0 Å². The van der Waals surface area contributed by atoms with Crippen molar-refractivity contribution in [3.05, 3.63) is 0 Å². The van der Waals surface area contributed by atoms with Gasteiger partial charge in [-0.05, 0) is 37.5 Å². The van der Waals surface area contributed by atoms with Gasteiger partial charge in [-0.15, -0.1) is 0 Å². The van der Waals surface area contributed by atoms with Crippen LogP contribution in [0, 0.1) is 17.8 Å². The molecule has 0 heterocycles. The van der Waals surface area contributed by atoms with Crippen molar-refractivity contribution in [2.45, 2.75) is 65.5 Å². The zero-order valence-corrected chi connectivity index (χ0v) is 11.7. The van der Waals surface area contributed by atoms with Crippen molar-refractivity contribution in [1.82, 2.24) is 5.32 Å². The van der Waals surface area contributed by atoms with Crippen molar-refractivity contribution < 1.29 is 4.79 Å². The molecule has 0 spiro atoms. The molecule has 1 fully saturated rings. The Labute approximate surface area is 106 Å². The maximum Gasteiger partial charge on any atom is 0.223 e. The molecule has 0 aromatic heterocycles. The van der Waals surface area contributed by atoms with Crippen molar-refractivity contribution in [2.24, 2.45) is 23.5 Å². The lowest BCUT2D eigenvalue weighted by Crippen LogP contribution is -2.45.